The highest BCUT2D eigenvalue weighted by Crippen LogP contribution is 2.21. The monoisotopic (exact) mass is 394 g/mol. The molecule has 0 saturated heterocycles. The second kappa shape index (κ2) is 7.24. The summed E-state index contributed by atoms with van der Waals surface area (Å²) in [5.74, 6) is -0.376. The highest BCUT2D eigenvalue weighted by atomic mass is 32.1. The van der Waals surface area contributed by atoms with E-state index in [4.69, 9.17) is 10.8 Å². The predicted molar refractivity (Wildman–Crippen MR) is 105 cm³/mol. The van der Waals surface area contributed by atoms with Gasteiger partial charge in [0.1, 0.15) is 28.4 Å². The maximum atomic E-state index is 13.3. The molecular weight excluding hydrogens is 379 g/mol. The molecule has 0 aliphatic rings. The van der Waals surface area contributed by atoms with Gasteiger partial charge in [0, 0.05) is 12.3 Å². The van der Waals surface area contributed by atoms with Crippen molar-refractivity contribution in [2.75, 3.05) is 11.9 Å². The molecule has 4 heterocycles. The molecule has 140 valence electrons. The largest absolute Gasteiger partial charge is 0.376 e. The third kappa shape index (κ3) is 3.49. The molecule has 0 spiro atoms. The van der Waals surface area contributed by atoms with Crippen LogP contribution in [0.2, 0.25) is 0 Å². The summed E-state index contributed by atoms with van der Waals surface area (Å²) >= 11 is 1.32. The summed E-state index contributed by atoms with van der Waals surface area (Å²) in [4.78, 5) is 9.04. The smallest absolute Gasteiger partial charge is 0.148 e. The molecule has 0 saturated carbocycles. The summed E-state index contributed by atoms with van der Waals surface area (Å²) in [7, 11) is 0. The molecule has 0 amide bonds. The van der Waals surface area contributed by atoms with Crippen LogP contribution in [0.4, 0.5) is 10.1 Å². The SMILES string of the molecule is Cc1cc(-c2ccc(=N)n(C(=N)CNc3ccnc4cc(F)cnc34)n2)sn1. The molecule has 4 rings (SSSR count). The molecule has 4 aromatic heterocycles. The zero-order valence-electron chi connectivity index (χ0n) is 14.8. The Labute approximate surface area is 162 Å². The van der Waals surface area contributed by atoms with Crippen molar-refractivity contribution in [1.82, 2.24) is 24.1 Å². The van der Waals surface area contributed by atoms with Crippen LogP contribution in [0.15, 0.2) is 42.7 Å². The Hall–Kier alpha value is -3.53. The lowest BCUT2D eigenvalue weighted by atomic mass is 10.2. The van der Waals surface area contributed by atoms with Gasteiger partial charge in [-0.15, -0.1) is 0 Å². The quantitative estimate of drug-likeness (QED) is 0.364. The first-order valence-electron chi connectivity index (χ1n) is 8.32. The standard InChI is InChI=1S/C18H15FN8S/c1-10-6-15(28-26-10)12-2-3-16(20)27(25-12)17(21)9-23-13-4-5-22-14-7-11(19)8-24-18(13)14/h2-8,20-21H,9H2,1H3,(H,22,23). The Kier molecular flexibility index (Phi) is 4.62. The van der Waals surface area contributed by atoms with Gasteiger partial charge in [-0.3, -0.25) is 15.8 Å². The average Bonchev–Trinajstić information content (AvgIpc) is 3.12. The number of halogens is 1. The predicted octanol–water partition coefficient (Wildman–Crippen LogP) is 2.81. The van der Waals surface area contributed by atoms with Gasteiger partial charge >= 0.3 is 0 Å². The molecule has 8 nitrogen and oxygen atoms in total. The second-order valence-electron chi connectivity index (χ2n) is 6.03. The van der Waals surface area contributed by atoms with E-state index in [-0.39, 0.29) is 17.9 Å². The van der Waals surface area contributed by atoms with Gasteiger partial charge in [-0.25, -0.2) is 9.37 Å². The van der Waals surface area contributed by atoms with Gasteiger partial charge in [-0.2, -0.15) is 14.2 Å². The van der Waals surface area contributed by atoms with Crippen LogP contribution in [0.25, 0.3) is 21.6 Å². The van der Waals surface area contributed by atoms with Crippen LogP contribution < -0.4 is 10.8 Å². The summed E-state index contributed by atoms with van der Waals surface area (Å²) in [6, 6.07) is 8.25. The van der Waals surface area contributed by atoms with Crippen molar-refractivity contribution in [2.24, 2.45) is 0 Å². The zero-order chi connectivity index (χ0) is 19.7. The number of nitrogens with one attached hydrogen (secondary N) is 3. The Bertz CT molecular complexity index is 1250. The van der Waals surface area contributed by atoms with E-state index in [0.717, 1.165) is 16.8 Å². The van der Waals surface area contributed by atoms with Crippen LogP contribution in [0.1, 0.15) is 5.69 Å². The number of aromatic nitrogens is 5. The van der Waals surface area contributed by atoms with E-state index in [9.17, 15) is 4.39 Å². The van der Waals surface area contributed by atoms with E-state index in [1.807, 2.05) is 13.0 Å². The van der Waals surface area contributed by atoms with Crippen molar-refractivity contribution in [3.8, 4) is 10.6 Å². The first-order valence-corrected chi connectivity index (χ1v) is 9.09. The molecular formula is C18H15FN8S. The maximum Gasteiger partial charge on any atom is 0.148 e. The van der Waals surface area contributed by atoms with Gasteiger partial charge < -0.3 is 5.32 Å². The van der Waals surface area contributed by atoms with Crippen molar-refractivity contribution in [3.05, 3.63) is 59.7 Å². The van der Waals surface area contributed by atoms with Crippen LogP contribution >= 0.6 is 11.5 Å². The molecule has 0 aromatic carbocycles. The number of fused-ring (bicyclic) bond motifs is 1. The minimum absolute atomic E-state index is 0.0835. The number of hydrogen-bond donors (Lipinski definition) is 3. The van der Waals surface area contributed by atoms with Crippen molar-refractivity contribution in [3.63, 3.8) is 0 Å². The van der Waals surface area contributed by atoms with E-state index in [1.54, 1.807) is 24.4 Å². The van der Waals surface area contributed by atoms with E-state index >= 15 is 0 Å². The first kappa shape index (κ1) is 17.9. The Balaban J connectivity index is 1.59. The normalized spacial score (nSPS) is 10.9. The number of nitrogens with zero attached hydrogens (tertiary/aromatic N) is 5. The zero-order valence-corrected chi connectivity index (χ0v) is 15.6. The lowest BCUT2D eigenvalue weighted by Gasteiger charge is -2.12. The molecule has 0 fully saturated rings. The summed E-state index contributed by atoms with van der Waals surface area (Å²) < 4.78 is 18.8. The van der Waals surface area contributed by atoms with Crippen LogP contribution in [0.5, 0.6) is 0 Å². The van der Waals surface area contributed by atoms with E-state index in [1.165, 1.54) is 22.3 Å². The Morgan fingerprint density at radius 1 is 1.25 bits per heavy atom. The minimum atomic E-state index is -0.460. The van der Waals surface area contributed by atoms with Crippen molar-refractivity contribution in [1.29, 1.82) is 10.8 Å². The number of anilines is 1. The summed E-state index contributed by atoms with van der Waals surface area (Å²) in [5.41, 5.74) is 3.19. The minimum Gasteiger partial charge on any atom is -0.376 e. The molecule has 28 heavy (non-hydrogen) atoms. The molecule has 10 heteroatoms. The van der Waals surface area contributed by atoms with Gasteiger partial charge in [0.2, 0.25) is 0 Å². The first-order chi connectivity index (χ1) is 13.5. The topological polar surface area (TPSA) is 116 Å². The lowest BCUT2D eigenvalue weighted by molar-refractivity contribution is 0.624. The van der Waals surface area contributed by atoms with Crippen molar-refractivity contribution in [2.45, 2.75) is 6.92 Å². The number of aryl methyl sites for hydroxylation is 1. The molecule has 4 aromatic rings. The molecule has 0 aliphatic carbocycles. The highest BCUT2D eigenvalue weighted by molar-refractivity contribution is 7.09. The Morgan fingerprint density at radius 3 is 2.89 bits per heavy atom. The number of pyridine rings is 2. The van der Waals surface area contributed by atoms with Gasteiger partial charge in [-0.05, 0) is 42.7 Å². The fourth-order valence-corrected chi connectivity index (χ4v) is 3.37. The fraction of sp³-hybridized carbons (Fsp3) is 0.111. The second-order valence-corrected chi connectivity index (χ2v) is 6.83. The molecule has 0 unspecified atom stereocenters. The van der Waals surface area contributed by atoms with Gasteiger partial charge in [0.25, 0.3) is 0 Å². The third-order valence-corrected chi connectivity index (χ3v) is 4.86. The van der Waals surface area contributed by atoms with Gasteiger partial charge in [0.15, 0.2) is 0 Å². The van der Waals surface area contributed by atoms with Gasteiger partial charge in [-0.1, -0.05) is 0 Å². The van der Waals surface area contributed by atoms with Crippen molar-refractivity contribution < 1.29 is 4.39 Å². The third-order valence-electron chi connectivity index (χ3n) is 3.96. The highest BCUT2D eigenvalue weighted by Gasteiger charge is 2.10. The number of hydrogen-bond acceptors (Lipinski definition) is 8. The van der Waals surface area contributed by atoms with E-state index in [2.05, 4.69) is 24.8 Å². The summed E-state index contributed by atoms with van der Waals surface area (Å²) in [5, 5.41) is 23.9. The molecule has 0 atom stereocenters. The molecule has 3 N–H and O–H groups in total. The van der Waals surface area contributed by atoms with Crippen LogP contribution in [-0.4, -0.2) is 36.5 Å². The van der Waals surface area contributed by atoms with Crippen LogP contribution in [-0.2, 0) is 0 Å². The number of rotatable bonds is 4. The van der Waals surface area contributed by atoms with Gasteiger partial charge in [0.05, 0.1) is 34.5 Å². The Morgan fingerprint density at radius 2 is 2.11 bits per heavy atom. The summed E-state index contributed by atoms with van der Waals surface area (Å²) in [6.45, 7) is 2.00. The fourth-order valence-electron chi connectivity index (χ4n) is 2.65. The molecule has 0 bridgehead atoms. The maximum absolute atomic E-state index is 13.3. The van der Waals surface area contributed by atoms with E-state index in [0.29, 0.717) is 22.4 Å². The van der Waals surface area contributed by atoms with Crippen LogP contribution in [0.3, 0.4) is 0 Å². The lowest BCUT2D eigenvalue weighted by Crippen LogP contribution is -2.33. The van der Waals surface area contributed by atoms with Crippen molar-refractivity contribution >= 4 is 34.1 Å². The summed E-state index contributed by atoms with van der Waals surface area (Å²) in [6.07, 6.45) is 2.67. The molecule has 0 aliphatic heterocycles. The average molecular weight is 394 g/mol. The van der Waals surface area contributed by atoms with E-state index < -0.39 is 5.82 Å². The molecule has 0 radical (unpaired) electrons. The van der Waals surface area contributed by atoms with Crippen LogP contribution in [0, 0.1) is 23.6 Å².